The quantitative estimate of drug-likeness (QED) is 0.165. The summed E-state index contributed by atoms with van der Waals surface area (Å²) in [6, 6.07) is 62.2. The first kappa shape index (κ1) is 32.5. The molecule has 0 aliphatic carbocycles. The fraction of sp³-hybridized carbons (Fsp3) is 0.0392. The van der Waals surface area contributed by atoms with E-state index in [0.29, 0.717) is 17.5 Å². The van der Waals surface area contributed by atoms with Crippen molar-refractivity contribution in [1.29, 1.82) is 0 Å². The van der Waals surface area contributed by atoms with E-state index in [0.717, 1.165) is 60.9 Å². The maximum Gasteiger partial charge on any atom is 0.164 e. The fourth-order valence-electron chi connectivity index (χ4n) is 8.73. The van der Waals surface area contributed by atoms with Crippen LogP contribution in [0.3, 0.4) is 0 Å². The highest BCUT2D eigenvalue weighted by atomic mass is 28.3. The van der Waals surface area contributed by atoms with Gasteiger partial charge in [-0.25, -0.2) is 15.0 Å². The molecule has 4 nitrogen and oxygen atoms in total. The molecule has 0 unspecified atom stereocenters. The van der Waals surface area contributed by atoms with Gasteiger partial charge >= 0.3 is 0 Å². The van der Waals surface area contributed by atoms with E-state index in [1.54, 1.807) is 0 Å². The third-order valence-electron chi connectivity index (χ3n) is 11.5. The maximum atomic E-state index is 6.86. The minimum Gasteiger partial charge on any atom is -0.455 e. The first-order valence-electron chi connectivity index (χ1n) is 19.1. The van der Waals surface area contributed by atoms with Gasteiger partial charge in [-0.15, -0.1) is 0 Å². The van der Waals surface area contributed by atoms with Crippen molar-refractivity contribution < 1.29 is 4.42 Å². The van der Waals surface area contributed by atoms with Gasteiger partial charge in [0.05, 0.1) is 0 Å². The van der Waals surface area contributed by atoms with Crippen LogP contribution in [0.4, 0.5) is 0 Å². The van der Waals surface area contributed by atoms with Gasteiger partial charge in [-0.2, -0.15) is 0 Å². The summed E-state index contributed by atoms with van der Waals surface area (Å²) in [6.45, 7) is 4.88. The van der Waals surface area contributed by atoms with Gasteiger partial charge in [-0.05, 0) is 73.2 Å². The monoisotopic (exact) mass is 733 g/mol. The van der Waals surface area contributed by atoms with E-state index in [4.69, 9.17) is 19.4 Å². The van der Waals surface area contributed by atoms with Crippen LogP contribution in [0.5, 0.6) is 0 Å². The molecule has 0 fully saturated rings. The normalized spacial score (nSPS) is 13.0. The number of hydrogen-bond acceptors (Lipinski definition) is 4. The van der Waals surface area contributed by atoms with Crippen molar-refractivity contribution in [3.8, 4) is 67.5 Å². The fourth-order valence-corrected chi connectivity index (χ4v) is 11.8. The third kappa shape index (κ3) is 5.09. The Morgan fingerprint density at radius 3 is 1.89 bits per heavy atom. The van der Waals surface area contributed by atoms with Gasteiger partial charge in [0, 0.05) is 33.0 Å². The Morgan fingerprint density at radius 1 is 0.411 bits per heavy atom. The Hall–Kier alpha value is -6.95. The van der Waals surface area contributed by atoms with Crippen LogP contribution in [0.1, 0.15) is 0 Å². The van der Waals surface area contributed by atoms with E-state index in [9.17, 15) is 0 Å². The molecule has 11 rings (SSSR count). The Bertz CT molecular complexity index is 3180. The van der Waals surface area contributed by atoms with Crippen molar-refractivity contribution in [2.45, 2.75) is 13.1 Å². The molecule has 1 aliphatic rings. The summed E-state index contributed by atoms with van der Waals surface area (Å²) in [6.07, 6.45) is 0. The second-order valence-electron chi connectivity index (χ2n) is 15.2. The molecule has 0 N–H and O–H groups in total. The molecule has 1 aliphatic heterocycles. The Balaban J connectivity index is 1.19. The summed E-state index contributed by atoms with van der Waals surface area (Å²) >= 11 is 0. The number of benzene rings is 8. The SMILES string of the molecule is C[Si]1(C)c2ccccc2-c2c1cc(-c1nc(-c3cccc(-c4ccc5ccccc5c4)c3)nc(-c3ccccc3-c3ccccc3)n1)c1c2oc2ccccc21. The number of aromatic nitrogens is 3. The Kier molecular flexibility index (Phi) is 7.28. The lowest BCUT2D eigenvalue weighted by atomic mass is 9.97. The van der Waals surface area contributed by atoms with Gasteiger partial charge in [0.2, 0.25) is 0 Å². The molecule has 0 saturated heterocycles. The van der Waals surface area contributed by atoms with Gasteiger partial charge in [-0.1, -0.05) is 165 Å². The van der Waals surface area contributed by atoms with Crippen molar-refractivity contribution in [2.24, 2.45) is 0 Å². The number of furan rings is 1. The molecule has 8 aromatic carbocycles. The lowest BCUT2D eigenvalue weighted by Gasteiger charge is -2.19. The van der Waals surface area contributed by atoms with Crippen LogP contribution in [0.2, 0.25) is 13.1 Å². The standard InChI is InChI=1S/C51H35N3OSi/c1-56(2)44-26-13-11-24-41(44)47-45(56)31-42(46-40-23-10-12-25-43(40)55-48(46)47)51-53-49(52-50(54-51)39-22-9-8-21-38(39)33-16-4-3-5-17-33)37-20-14-19-35(30-37)36-28-27-32-15-6-7-18-34(32)29-36/h3-31H,1-2H3. The molecule has 0 atom stereocenters. The minimum atomic E-state index is -2.12. The molecule has 0 bridgehead atoms. The largest absolute Gasteiger partial charge is 0.455 e. The van der Waals surface area contributed by atoms with Crippen LogP contribution in [0.15, 0.2) is 180 Å². The van der Waals surface area contributed by atoms with Crippen LogP contribution in [0.25, 0.3) is 100 Å². The number of fused-ring (bicyclic) bond motifs is 8. The summed E-state index contributed by atoms with van der Waals surface area (Å²) < 4.78 is 6.86. The zero-order chi connectivity index (χ0) is 37.4. The highest BCUT2D eigenvalue weighted by Crippen LogP contribution is 2.44. The first-order chi connectivity index (χ1) is 27.5. The zero-order valence-corrected chi connectivity index (χ0v) is 32.0. The van der Waals surface area contributed by atoms with Gasteiger partial charge in [-0.3, -0.25) is 0 Å². The zero-order valence-electron chi connectivity index (χ0n) is 31.0. The molecule has 2 aromatic heterocycles. The Morgan fingerprint density at radius 2 is 1.04 bits per heavy atom. The van der Waals surface area contributed by atoms with Crippen LogP contribution >= 0.6 is 0 Å². The maximum absolute atomic E-state index is 6.86. The third-order valence-corrected chi connectivity index (χ3v) is 15.0. The molecule has 0 radical (unpaired) electrons. The summed E-state index contributed by atoms with van der Waals surface area (Å²) in [7, 11) is -2.12. The van der Waals surface area contributed by atoms with Crippen molar-refractivity contribution in [3.05, 3.63) is 176 Å². The summed E-state index contributed by atoms with van der Waals surface area (Å²) in [5, 5.41) is 7.28. The van der Waals surface area contributed by atoms with Crippen molar-refractivity contribution in [2.75, 3.05) is 0 Å². The van der Waals surface area contributed by atoms with E-state index < -0.39 is 8.07 Å². The molecular weight excluding hydrogens is 699 g/mol. The molecule has 5 heteroatoms. The molecule has 264 valence electrons. The predicted molar refractivity (Wildman–Crippen MR) is 234 cm³/mol. The lowest BCUT2D eigenvalue weighted by Crippen LogP contribution is -2.49. The van der Waals surface area contributed by atoms with E-state index in [1.807, 2.05) is 12.1 Å². The minimum absolute atomic E-state index is 0.622. The summed E-state index contributed by atoms with van der Waals surface area (Å²) in [5.74, 6) is 1.88. The van der Waals surface area contributed by atoms with Crippen molar-refractivity contribution in [1.82, 2.24) is 15.0 Å². The molecule has 56 heavy (non-hydrogen) atoms. The van der Waals surface area contributed by atoms with Crippen molar-refractivity contribution in [3.63, 3.8) is 0 Å². The van der Waals surface area contributed by atoms with E-state index in [-0.39, 0.29) is 0 Å². The van der Waals surface area contributed by atoms with Gasteiger partial charge < -0.3 is 4.42 Å². The molecule has 3 heterocycles. The number of para-hydroxylation sites is 1. The highest BCUT2D eigenvalue weighted by molar-refractivity contribution is 7.04. The van der Waals surface area contributed by atoms with Crippen LogP contribution in [-0.4, -0.2) is 23.0 Å². The second-order valence-corrected chi connectivity index (χ2v) is 19.5. The van der Waals surface area contributed by atoms with E-state index in [1.165, 1.54) is 32.3 Å². The second kappa shape index (κ2) is 12.6. The summed E-state index contributed by atoms with van der Waals surface area (Å²) in [4.78, 5) is 16.1. The summed E-state index contributed by atoms with van der Waals surface area (Å²) in [5.41, 5.74) is 11.5. The topological polar surface area (TPSA) is 51.8 Å². The molecular formula is C51H35N3OSi. The van der Waals surface area contributed by atoms with Crippen LogP contribution in [-0.2, 0) is 0 Å². The molecule has 0 spiro atoms. The molecule has 10 aromatic rings. The smallest absolute Gasteiger partial charge is 0.164 e. The number of rotatable bonds is 5. The highest BCUT2D eigenvalue weighted by Gasteiger charge is 2.40. The average molecular weight is 734 g/mol. The lowest BCUT2D eigenvalue weighted by molar-refractivity contribution is 0.670. The predicted octanol–water partition coefficient (Wildman–Crippen LogP) is 12.1. The van der Waals surface area contributed by atoms with Crippen LogP contribution in [0, 0.1) is 0 Å². The molecule has 0 amide bonds. The van der Waals surface area contributed by atoms with Gasteiger partial charge in [0.25, 0.3) is 0 Å². The number of nitrogens with zero attached hydrogens (tertiary/aromatic N) is 3. The average Bonchev–Trinajstić information content (AvgIpc) is 3.76. The molecule has 0 saturated carbocycles. The van der Waals surface area contributed by atoms with E-state index in [2.05, 4.69) is 177 Å². The Labute approximate surface area is 325 Å². The number of hydrogen-bond donors (Lipinski definition) is 0. The van der Waals surface area contributed by atoms with E-state index >= 15 is 0 Å². The van der Waals surface area contributed by atoms with Crippen LogP contribution < -0.4 is 10.4 Å². The van der Waals surface area contributed by atoms with Crippen molar-refractivity contribution >= 4 is 51.2 Å². The van der Waals surface area contributed by atoms with Gasteiger partial charge in [0.1, 0.15) is 19.2 Å². The first-order valence-corrected chi connectivity index (χ1v) is 22.1. The van der Waals surface area contributed by atoms with Gasteiger partial charge in [0.15, 0.2) is 17.5 Å².